The number of nitrogens with zero attached hydrogens (tertiary/aromatic N) is 2. The van der Waals surface area contributed by atoms with Crippen molar-refractivity contribution < 1.29 is 9.90 Å². The highest BCUT2D eigenvalue weighted by molar-refractivity contribution is 9.10. The largest absolute Gasteiger partial charge is 0.478 e. The Morgan fingerprint density at radius 2 is 2.16 bits per heavy atom. The molecule has 1 heterocycles. The number of aromatic carboxylic acids is 1. The number of rotatable bonds is 3. The van der Waals surface area contributed by atoms with Crippen molar-refractivity contribution in [1.82, 2.24) is 4.98 Å². The molecule has 0 amide bonds. The van der Waals surface area contributed by atoms with E-state index in [-0.39, 0.29) is 5.56 Å². The Hall–Kier alpha value is -1.84. The lowest BCUT2D eigenvalue weighted by Crippen LogP contribution is -1.98. The molecule has 0 saturated heterocycles. The minimum Gasteiger partial charge on any atom is -0.478 e. The molecule has 4 nitrogen and oxygen atoms in total. The summed E-state index contributed by atoms with van der Waals surface area (Å²) in [5, 5.41) is 18.5. The Balaban J connectivity index is 2.40. The fraction of sp³-hybridized carbons (Fsp3) is 0. The summed E-state index contributed by atoms with van der Waals surface area (Å²) < 4.78 is 0.788. The van der Waals surface area contributed by atoms with Gasteiger partial charge in [-0.3, -0.25) is 0 Å². The van der Waals surface area contributed by atoms with E-state index in [1.54, 1.807) is 24.3 Å². The smallest absolute Gasteiger partial charge is 0.336 e. The summed E-state index contributed by atoms with van der Waals surface area (Å²) in [5.74, 6) is -0.994. The van der Waals surface area contributed by atoms with Gasteiger partial charge in [0.05, 0.1) is 17.2 Å². The third kappa shape index (κ3) is 3.34. The first-order chi connectivity index (χ1) is 9.10. The topological polar surface area (TPSA) is 74.0 Å². The predicted octanol–water partition coefficient (Wildman–Crippen LogP) is 3.57. The van der Waals surface area contributed by atoms with Gasteiger partial charge in [-0.1, -0.05) is 27.7 Å². The Bertz CT molecular complexity index is 683. The molecule has 0 saturated carbocycles. The van der Waals surface area contributed by atoms with Crippen LogP contribution in [0.4, 0.5) is 0 Å². The molecule has 1 aromatic heterocycles. The molecule has 19 heavy (non-hydrogen) atoms. The Morgan fingerprint density at radius 1 is 1.37 bits per heavy atom. The fourth-order valence-electron chi connectivity index (χ4n) is 1.40. The van der Waals surface area contributed by atoms with E-state index in [9.17, 15) is 4.79 Å². The number of carboxylic acid groups (broad SMARTS) is 1. The predicted molar refractivity (Wildman–Crippen MR) is 74.2 cm³/mol. The first kappa shape index (κ1) is 13.6. The van der Waals surface area contributed by atoms with Crippen molar-refractivity contribution in [3.63, 3.8) is 0 Å². The maximum atomic E-state index is 11.1. The Morgan fingerprint density at radius 3 is 2.84 bits per heavy atom. The minimum atomic E-state index is -0.994. The number of hydrogen-bond acceptors (Lipinski definition) is 4. The van der Waals surface area contributed by atoms with Crippen LogP contribution in [0.3, 0.4) is 0 Å². The summed E-state index contributed by atoms with van der Waals surface area (Å²) in [6.07, 6.45) is 1.53. The van der Waals surface area contributed by atoms with Crippen LogP contribution in [0.5, 0.6) is 0 Å². The SMILES string of the molecule is N#Cc1ccnc(Sc2cc(Br)ccc2C(=O)O)c1. The monoisotopic (exact) mass is 334 g/mol. The Labute approximate surface area is 122 Å². The molecule has 94 valence electrons. The molecule has 0 fully saturated rings. The van der Waals surface area contributed by atoms with Crippen LogP contribution in [-0.2, 0) is 0 Å². The van der Waals surface area contributed by atoms with Gasteiger partial charge in [-0.05, 0) is 30.3 Å². The minimum absolute atomic E-state index is 0.206. The van der Waals surface area contributed by atoms with Gasteiger partial charge in [-0.15, -0.1) is 0 Å². The summed E-state index contributed by atoms with van der Waals surface area (Å²) in [6.45, 7) is 0. The van der Waals surface area contributed by atoms with Gasteiger partial charge in [0.2, 0.25) is 0 Å². The zero-order valence-corrected chi connectivity index (χ0v) is 11.9. The number of benzene rings is 1. The number of carbonyl (C=O) groups is 1. The van der Waals surface area contributed by atoms with Gasteiger partial charge in [0.25, 0.3) is 0 Å². The summed E-state index contributed by atoms with van der Waals surface area (Å²) in [4.78, 5) is 15.8. The summed E-state index contributed by atoms with van der Waals surface area (Å²) >= 11 is 4.52. The number of pyridine rings is 1. The van der Waals surface area contributed by atoms with Gasteiger partial charge in [0.15, 0.2) is 0 Å². The van der Waals surface area contributed by atoms with E-state index < -0.39 is 5.97 Å². The van der Waals surface area contributed by atoms with E-state index in [0.717, 1.165) is 4.47 Å². The van der Waals surface area contributed by atoms with Crippen molar-refractivity contribution in [2.75, 3.05) is 0 Å². The number of halogens is 1. The first-order valence-corrected chi connectivity index (χ1v) is 6.78. The average molecular weight is 335 g/mol. The molecule has 2 aromatic rings. The molecule has 6 heteroatoms. The highest BCUT2D eigenvalue weighted by Gasteiger charge is 2.12. The lowest BCUT2D eigenvalue weighted by atomic mass is 10.2. The molecular weight excluding hydrogens is 328 g/mol. The zero-order chi connectivity index (χ0) is 13.8. The third-order valence-corrected chi connectivity index (χ3v) is 3.74. The van der Waals surface area contributed by atoms with Crippen LogP contribution in [0.1, 0.15) is 15.9 Å². The maximum Gasteiger partial charge on any atom is 0.336 e. The highest BCUT2D eigenvalue weighted by Crippen LogP contribution is 2.31. The molecule has 0 spiro atoms. The average Bonchev–Trinajstić information content (AvgIpc) is 2.38. The van der Waals surface area contributed by atoms with E-state index in [1.165, 1.54) is 24.0 Å². The number of aromatic nitrogens is 1. The highest BCUT2D eigenvalue weighted by atomic mass is 79.9. The maximum absolute atomic E-state index is 11.1. The van der Waals surface area contributed by atoms with Gasteiger partial charge in [0.1, 0.15) is 5.03 Å². The number of hydrogen-bond donors (Lipinski definition) is 1. The quantitative estimate of drug-likeness (QED) is 0.928. The Kier molecular flexibility index (Phi) is 4.20. The molecule has 0 radical (unpaired) electrons. The van der Waals surface area contributed by atoms with Crippen molar-refractivity contribution in [2.45, 2.75) is 9.92 Å². The van der Waals surface area contributed by atoms with Crippen molar-refractivity contribution in [3.8, 4) is 6.07 Å². The van der Waals surface area contributed by atoms with E-state index in [4.69, 9.17) is 10.4 Å². The fourth-order valence-corrected chi connectivity index (χ4v) is 2.89. The van der Waals surface area contributed by atoms with Gasteiger partial charge in [-0.25, -0.2) is 9.78 Å². The molecule has 1 N–H and O–H groups in total. The van der Waals surface area contributed by atoms with Crippen molar-refractivity contribution in [3.05, 3.63) is 52.1 Å². The molecule has 0 aliphatic rings. The van der Waals surface area contributed by atoms with Gasteiger partial charge in [-0.2, -0.15) is 5.26 Å². The molecule has 2 rings (SSSR count). The standard InChI is InChI=1S/C13H7BrN2O2S/c14-9-1-2-10(13(17)18)11(6-9)19-12-5-8(7-15)3-4-16-12/h1-6H,(H,17,18). The van der Waals surface area contributed by atoms with Gasteiger partial charge in [0, 0.05) is 15.6 Å². The van der Waals surface area contributed by atoms with E-state index in [2.05, 4.69) is 20.9 Å². The molecule has 0 atom stereocenters. The molecule has 1 aromatic carbocycles. The first-order valence-electron chi connectivity index (χ1n) is 5.17. The second-order valence-corrected chi connectivity index (χ2v) is 5.52. The molecule has 0 aliphatic carbocycles. The van der Waals surface area contributed by atoms with Crippen LogP contribution in [0, 0.1) is 11.3 Å². The second kappa shape index (κ2) is 5.87. The van der Waals surface area contributed by atoms with E-state index in [0.29, 0.717) is 15.5 Å². The lowest BCUT2D eigenvalue weighted by Gasteiger charge is -2.06. The van der Waals surface area contributed by atoms with Crippen molar-refractivity contribution >= 4 is 33.7 Å². The second-order valence-electron chi connectivity index (χ2n) is 3.54. The summed E-state index contributed by atoms with van der Waals surface area (Å²) in [6, 6.07) is 10.2. The van der Waals surface area contributed by atoms with Crippen molar-refractivity contribution in [1.29, 1.82) is 5.26 Å². The van der Waals surface area contributed by atoms with E-state index >= 15 is 0 Å². The number of nitriles is 1. The van der Waals surface area contributed by atoms with Crippen molar-refractivity contribution in [2.24, 2.45) is 0 Å². The molecule has 0 aliphatic heterocycles. The van der Waals surface area contributed by atoms with Crippen LogP contribution in [-0.4, -0.2) is 16.1 Å². The number of carboxylic acids is 1. The van der Waals surface area contributed by atoms with Crippen LogP contribution in [0.15, 0.2) is 50.9 Å². The zero-order valence-electron chi connectivity index (χ0n) is 9.50. The van der Waals surface area contributed by atoms with Crippen LogP contribution >= 0.6 is 27.7 Å². The molecular formula is C13H7BrN2O2S. The van der Waals surface area contributed by atoms with E-state index in [1.807, 2.05) is 6.07 Å². The normalized spacial score (nSPS) is 9.89. The van der Waals surface area contributed by atoms with Gasteiger partial charge >= 0.3 is 5.97 Å². The van der Waals surface area contributed by atoms with Gasteiger partial charge < -0.3 is 5.11 Å². The summed E-state index contributed by atoms with van der Waals surface area (Å²) in [7, 11) is 0. The van der Waals surface area contributed by atoms with Crippen LogP contribution < -0.4 is 0 Å². The molecule has 0 unspecified atom stereocenters. The van der Waals surface area contributed by atoms with Crippen LogP contribution in [0.2, 0.25) is 0 Å². The summed E-state index contributed by atoms with van der Waals surface area (Å²) in [5.41, 5.74) is 0.696. The van der Waals surface area contributed by atoms with Crippen LogP contribution in [0.25, 0.3) is 0 Å². The lowest BCUT2D eigenvalue weighted by molar-refractivity contribution is 0.0693. The molecule has 0 bridgehead atoms. The third-order valence-electron chi connectivity index (χ3n) is 2.25.